The summed E-state index contributed by atoms with van der Waals surface area (Å²) in [6.45, 7) is 6.16. The zero-order valence-corrected chi connectivity index (χ0v) is 11.0. The number of aromatic nitrogens is 2. The summed E-state index contributed by atoms with van der Waals surface area (Å²) < 4.78 is 5.55. The van der Waals surface area contributed by atoms with Crippen LogP contribution in [0.25, 0.3) is 0 Å². The predicted molar refractivity (Wildman–Crippen MR) is 66.1 cm³/mol. The smallest absolute Gasteiger partial charge is 0.251 e. The fraction of sp³-hybridized carbons (Fsp3) is 0.692. The third kappa shape index (κ3) is 2.14. The molecule has 0 aliphatic heterocycles. The summed E-state index contributed by atoms with van der Waals surface area (Å²) in [4.78, 5) is 19.1. The van der Waals surface area contributed by atoms with Gasteiger partial charge in [-0.25, -0.2) is 4.98 Å². The first-order chi connectivity index (χ1) is 7.87. The van der Waals surface area contributed by atoms with E-state index >= 15 is 0 Å². The zero-order valence-electron chi connectivity index (χ0n) is 11.0. The lowest BCUT2D eigenvalue weighted by atomic mass is 9.79. The topological polar surface area (TPSA) is 55.0 Å². The van der Waals surface area contributed by atoms with Crippen LogP contribution in [0.4, 0.5) is 0 Å². The minimum absolute atomic E-state index is 0.0942. The molecule has 0 radical (unpaired) electrons. The highest BCUT2D eigenvalue weighted by Crippen LogP contribution is 2.42. The van der Waals surface area contributed by atoms with Crippen LogP contribution in [-0.2, 0) is 15.8 Å². The van der Waals surface area contributed by atoms with Gasteiger partial charge in [0.25, 0.3) is 5.56 Å². The highest BCUT2D eigenvalue weighted by molar-refractivity contribution is 5.17. The van der Waals surface area contributed by atoms with Crippen LogP contribution < -0.4 is 5.56 Å². The van der Waals surface area contributed by atoms with E-state index in [2.05, 4.69) is 30.7 Å². The molecule has 1 aliphatic carbocycles. The molecule has 1 aliphatic rings. The summed E-state index contributed by atoms with van der Waals surface area (Å²) in [5.74, 6) is 0.684. The second-order valence-electron chi connectivity index (χ2n) is 5.78. The van der Waals surface area contributed by atoms with Gasteiger partial charge in [-0.15, -0.1) is 0 Å². The summed E-state index contributed by atoms with van der Waals surface area (Å²) in [5, 5.41) is 0. The van der Waals surface area contributed by atoms with Crippen molar-refractivity contribution in [1.82, 2.24) is 9.97 Å². The van der Waals surface area contributed by atoms with Crippen molar-refractivity contribution in [3.63, 3.8) is 0 Å². The van der Waals surface area contributed by atoms with Crippen LogP contribution in [0.2, 0.25) is 0 Å². The Kier molecular flexibility index (Phi) is 2.86. The first-order valence-electron chi connectivity index (χ1n) is 6.05. The van der Waals surface area contributed by atoms with Crippen LogP contribution in [-0.4, -0.2) is 17.1 Å². The quantitative estimate of drug-likeness (QED) is 0.855. The number of hydrogen-bond acceptors (Lipinski definition) is 3. The zero-order chi connectivity index (χ0) is 12.7. The van der Waals surface area contributed by atoms with Crippen molar-refractivity contribution in [2.24, 2.45) is 0 Å². The fourth-order valence-electron chi connectivity index (χ4n) is 2.09. The van der Waals surface area contributed by atoms with E-state index in [-0.39, 0.29) is 16.6 Å². The molecule has 1 fully saturated rings. The van der Waals surface area contributed by atoms with Crippen molar-refractivity contribution >= 4 is 0 Å². The molecule has 1 aromatic rings. The molecule has 1 N–H and O–H groups in total. The fourth-order valence-corrected chi connectivity index (χ4v) is 2.09. The second-order valence-corrected chi connectivity index (χ2v) is 5.78. The van der Waals surface area contributed by atoms with E-state index in [0.717, 1.165) is 25.0 Å². The molecule has 0 aromatic carbocycles. The number of ether oxygens (including phenoxy) is 1. The Balaban J connectivity index is 2.49. The lowest BCUT2D eigenvalue weighted by molar-refractivity contribution is -0.0850. The van der Waals surface area contributed by atoms with E-state index in [9.17, 15) is 4.79 Å². The first-order valence-corrected chi connectivity index (χ1v) is 6.05. The lowest BCUT2D eigenvalue weighted by Gasteiger charge is -2.39. The number of aromatic amines is 1. The van der Waals surface area contributed by atoms with Gasteiger partial charge in [-0.1, -0.05) is 20.8 Å². The monoisotopic (exact) mass is 236 g/mol. The Bertz CT molecular complexity index is 462. The maximum Gasteiger partial charge on any atom is 0.251 e. The van der Waals surface area contributed by atoms with E-state index in [1.165, 1.54) is 0 Å². The van der Waals surface area contributed by atoms with E-state index < -0.39 is 0 Å². The molecule has 0 saturated heterocycles. The van der Waals surface area contributed by atoms with Crippen molar-refractivity contribution in [3.05, 3.63) is 27.9 Å². The second kappa shape index (κ2) is 3.95. The van der Waals surface area contributed by atoms with Gasteiger partial charge < -0.3 is 9.72 Å². The average molecular weight is 236 g/mol. The molecule has 0 atom stereocenters. The van der Waals surface area contributed by atoms with Crippen molar-refractivity contribution in [3.8, 4) is 0 Å². The summed E-state index contributed by atoms with van der Waals surface area (Å²) in [7, 11) is 1.68. The van der Waals surface area contributed by atoms with Gasteiger partial charge in [0.05, 0.1) is 5.69 Å². The molecule has 0 bridgehead atoms. The summed E-state index contributed by atoms with van der Waals surface area (Å²) in [6, 6.07) is 1.57. The van der Waals surface area contributed by atoms with Crippen LogP contribution >= 0.6 is 0 Å². The SMILES string of the molecule is COC1(c2nc(C(C)(C)C)cc(=O)[nH]2)CCC1. The number of rotatable bonds is 2. The Morgan fingerprint density at radius 1 is 1.41 bits per heavy atom. The largest absolute Gasteiger partial charge is 0.370 e. The van der Waals surface area contributed by atoms with Gasteiger partial charge in [-0.2, -0.15) is 0 Å². The highest BCUT2D eigenvalue weighted by Gasteiger charge is 2.41. The molecule has 2 rings (SSSR count). The van der Waals surface area contributed by atoms with Crippen LogP contribution in [0.3, 0.4) is 0 Å². The number of hydrogen-bond donors (Lipinski definition) is 1. The first kappa shape index (κ1) is 12.3. The standard InChI is InChI=1S/C13H20N2O2/c1-12(2,3)9-8-10(16)15-11(14-9)13(17-4)6-5-7-13/h8H,5-7H2,1-4H3,(H,14,15,16). The number of methoxy groups -OCH3 is 1. The third-order valence-electron chi connectivity index (χ3n) is 3.49. The maximum absolute atomic E-state index is 11.7. The van der Waals surface area contributed by atoms with Crippen molar-refractivity contribution < 1.29 is 4.74 Å². The van der Waals surface area contributed by atoms with Crippen LogP contribution in [0.5, 0.6) is 0 Å². The molecule has 4 heteroatoms. The molecular formula is C13H20N2O2. The van der Waals surface area contributed by atoms with E-state index in [1.807, 2.05) is 0 Å². The van der Waals surface area contributed by atoms with Gasteiger partial charge in [0, 0.05) is 18.6 Å². The summed E-state index contributed by atoms with van der Waals surface area (Å²) >= 11 is 0. The Hall–Kier alpha value is -1.16. The van der Waals surface area contributed by atoms with Gasteiger partial charge in [0.15, 0.2) is 0 Å². The minimum atomic E-state index is -0.361. The number of H-pyrrole nitrogens is 1. The van der Waals surface area contributed by atoms with E-state index in [1.54, 1.807) is 13.2 Å². The number of nitrogens with zero attached hydrogens (tertiary/aromatic N) is 1. The molecule has 1 heterocycles. The molecule has 1 saturated carbocycles. The van der Waals surface area contributed by atoms with Gasteiger partial charge in [-0.05, 0) is 19.3 Å². The molecule has 4 nitrogen and oxygen atoms in total. The van der Waals surface area contributed by atoms with E-state index in [0.29, 0.717) is 5.82 Å². The van der Waals surface area contributed by atoms with Crippen LogP contribution in [0, 0.1) is 0 Å². The third-order valence-corrected chi connectivity index (χ3v) is 3.49. The molecule has 1 aromatic heterocycles. The minimum Gasteiger partial charge on any atom is -0.370 e. The Labute approximate surface area is 101 Å². The number of nitrogens with one attached hydrogen (secondary N) is 1. The Morgan fingerprint density at radius 3 is 2.47 bits per heavy atom. The van der Waals surface area contributed by atoms with Crippen molar-refractivity contribution in [2.75, 3.05) is 7.11 Å². The molecule has 17 heavy (non-hydrogen) atoms. The molecule has 0 unspecified atom stereocenters. The van der Waals surface area contributed by atoms with Gasteiger partial charge in [0.1, 0.15) is 11.4 Å². The Morgan fingerprint density at radius 2 is 2.06 bits per heavy atom. The summed E-state index contributed by atoms with van der Waals surface area (Å²) in [6.07, 6.45) is 2.98. The van der Waals surface area contributed by atoms with Crippen LogP contribution in [0.15, 0.2) is 10.9 Å². The van der Waals surface area contributed by atoms with Gasteiger partial charge in [-0.3, -0.25) is 4.79 Å². The molecular weight excluding hydrogens is 216 g/mol. The highest BCUT2D eigenvalue weighted by atomic mass is 16.5. The van der Waals surface area contributed by atoms with Gasteiger partial charge in [0.2, 0.25) is 0 Å². The lowest BCUT2D eigenvalue weighted by Crippen LogP contribution is -2.40. The van der Waals surface area contributed by atoms with Crippen LogP contribution in [0.1, 0.15) is 51.6 Å². The molecule has 94 valence electrons. The predicted octanol–water partition coefficient (Wildman–Crippen LogP) is 2.09. The summed E-state index contributed by atoms with van der Waals surface area (Å²) in [5.41, 5.74) is 0.241. The van der Waals surface area contributed by atoms with E-state index in [4.69, 9.17) is 4.74 Å². The molecule has 0 spiro atoms. The van der Waals surface area contributed by atoms with Crippen molar-refractivity contribution in [1.29, 1.82) is 0 Å². The normalized spacial score (nSPS) is 18.8. The average Bonchev–Trinajstić information content (AvgIpc) is 2.14. The molecule has 0 amide bonds. The van der Waals surface area contributed by atoms with Crippen molar-refractivity contribution in [2.45, 2.75) is 51.0 Å². The van der Waals surface area contributed by atoms with Gasteiger partial charge >= 0.3 is 0 Å². The maximum atomic E-state index is 11.7.